The molecule has 1 heteroatoms. The van der Waals surface area contributed by atoms with Crippen LogP contribution < -0.4 is 0 Å². The molecule has 0 N–H and O–H groups in total. The summed E-state index contributed by atoms with van der Waals surface area (Å²) in [5.41, 5.74) is 0. The Labute approximate surface area is 78.5 Å². The van der Waals surface area contributed by atoms with Gasteiger partial charge in [0.25, 0.3) is 0 Å². The smallest absolute Gasteiger partial charge is 0.0673 e. The Balaban J connectivity index is 1.88. The van der Waals surface area contributed by atoms with Crippen LogP contribution in [0, 0.1) is 23.7 Å². The van der Waals surface area contributed by atoms with E-state index in [-0.39, 0.29) is 0 Å². The van der Waals surface area contributed by atoms with Crippen LogP contribution in [-0.4, -0.2) is 12.2 Å². The molecule has 5 rings (SSSR count). The molecule has 6 bridgehead atoms. The Morgan fingerprint density at radius 3 is 2.77 bits per heavy atom. The van der Waals surface area contributed by atoms with Gasteiger partial charge in [-0.05, 0) is 24.7 Å². The molecular weight excluding hydrogens is 160 g/mol. The van der Waals surface area contributed by atoms with Gasteiger partial charge in [0.2, 0.25) is 0 Å². The highest BCUT2D eigenvalue weighted by Gasteiger charge is 2.58. The van der Waals surface area contributed by atoms with Gasteiger partial charge in [0.1, 0.15) is 0 Å². The fraction of sp³-hybridized carbons (Fsp3) is 0.667. The zero-order valence-corrected chi connectivity index (χ0v) is 7.60. The van der Waals surface area contributed by atoms with Crippen molar-refractivity contribution in [1.29, 1.82) is 0 Å². The van der Waals surface area contributed by atoms with Gasteiger partial charge in [-0.1, -0.05) is 24.3 Å². The number of ether oxygens (including phenoxy) is 1. The number of allylic oxidation sites excluding steroid dienone is 2. The molecule has 4 fully saturated rings. The SMILES string of the molecule is C1=CC2C3CC4CC2C(C=C1)C4O3. The third-order valence-corrected chi connectivity index (χ3v) is 4.48. The van der Waals surface area contributed by atoms with E-state index in [1.165, 1.54) is 12.8 Å². The fourth-order valence-corrected chi connectivity index (χ4v) is 4.03. The molecule has 0 spiro atoms. The van der Waals surface area contributed by atoms with Crippen LogP contribution in [0.5, 0.6) is 0 Å². The van der Waals surface area contributed by atoms with Crippen LogP contribution in [0.3, 0.4) is 0 Å². The fourth-order valence-electron chi connectivity index (χ4n) is 4.03. The van der Waals surface area contributed by atoms with Crippen molar-refractivity contribution < 1.29 is 4.74 Å². The topological polar surface area (TPSA) is 9.23 Å². The maximum absolute atomic E-state index is 6.10. The first-order valence-corrected chi connectivity index (χ1v) is 5.44. The monoisotopic (exact) mass is 174 g/mol. The Hall–Kier alpha value is -0.560. The lowest BCUT2D eigenvalue weighted by Crippen LogP contribution is -2.37. The molecule has 0 aromatic carbocycles. The Morgan fingerprint density at radius 1 is 1.00 bits per heavy atom. The van der Waals surface area contributed by atoms with Gasteiger partial charge in [0, 0.05) is 11.8 Å². The minimum absolute atomic E-state index is 0.571. The third-order valence-electron chi connectivity index (χ3n) is 4.48. The van der Waals surface area contributed by atoms with Crippen LogP contribution in [0.4, 0.5) is 0 Å². The third kappa shape index (κ3) is 0.690. The van der Waals surface area contributed by atoms with Gasteiger partial charge in [-0.2, -0.15) is 0 Å². The van der Waals surface area contributed by atoms with Gasteiger partial charge in [-0.3, -0.25) is 0 Å². The van der Waals surface area contributed by atoms with Crippen LogP contribution in [0.2, 0.25) is 0 Å². The van der Waals surface area contributed by atoms with Gasteiger partial charge in [0.15, 0.2) is 0 Å². The van der Waals surface area contributed by atoms with Crippen LogP contribution in [0.15, 0.2) is 24.3 Å². The van der Waals surface area contributed by atoms with E-state index in [9.17, 15) is 0 Å². The lowest BCUT2D eigenvalue weighted by Gasteiger charge is -2.36. The summed E-state index contributed by atoms with van der Waals surface area (Å²) in [4.78, 5) is 0. The largest absolute Gasteiger partial charge is 0.373 e. The van der Waals surface area contributed by atoms with Gasteiger partial charge in [-0.15, -0.1) is 0 Å². The Bertz CT molecular complexity index is 290. The predicted molar refractivity (Wildman–Crippen MR) is 50.1 cm³/mol. The molecule has 68 valence electrons. The summed E-state index contributed by atoms with van der Waals surface area (Å²) >= 11 is 0. The molecule has 2 heterocycles. The predicted octanol–water partition coefficient (Wildman–Crippen LogP) is 2.15. The number of hydrogen-bond donors (Lipinski definition) is 0. The van der Waals surface area contributed by atoms with Gasteiger partial charge < -0.3 is 4.74 Å². The van der Waals surface area contributed by atoms with Crippen molar-refractivity contribution in [2.45, 2.75) is 25.0 Å². The molecule has 6 unspecified atom stereocenters. The Kier molecular flexibility index (Phi) is 1.10. The van der Waals surface area contributed by atoms with E-state index in [0.29, 0.717) is 12.2 Å². The van der Waals surface area contributed by atoms with E-state index >= 15 is 0 Å². The van der Waals surface area contributed by atoms with Gasteiger partial charge in [-0.25, -0.2) is 0 Å². The summed E-state index contributed by atoms with van der Waals surface area (Å²) in [6.45, 7) is 0. The highest BCUT2D eigenvalue weighted by molar-refractivity contribution is 5.22. The normalized spacial score (nSPS) is 60.3. The number of hydrogen-bond acceptors (Lipinski definition) is 1. The summed E-state index contributed by atoms with van der Waals surface area (Å²) in [5, 5.41) is 0. The van der Waals surface area contributed by atoms with E-state index in [2.05, 4.69) is 24.3 Å². The lowest BCUT2D eigenvalue weighted by atomic mass is 9.76. The van der Waals surface area contributed by atoms with Crippen LogP contribution in [-0.2, 0) is 4.74 Å². The molecule has 1 nitrogen and oxygen atoms in total. The van der Waals surface area contributed by atoms with Crippen molar-refractivity contribution in [3.05, 3.63) is 24.3 Å². The average molecular weight is 174 g/mol. The Morgan fingerprint density at radius 2 is 1.85 bits per heavy atom. The van der Waals surface area contributed by atoms with E-state index in [0.717, 1.165) is 23.7 Å². The lowest BCUT2D eigenvalue weighted by molar-refractivity contribution is -0.0538. The second-order valence-electron chi connectivity index (χ2n) is 4.96. The average Bonchev–Trinajstić information content (AvgIpc) is 2.53. The molecule has 13 heavy (non-hydrogen) atoms. The summed E-state index contributed by atoms with van der Waals surface area (Å²) in [5.74, 6) is 3.28. The first kappa shape index (κ1) is 6.83. The second kappa shape index (κ2) is 2.09. The molecule has 0 radical (unpaired) electrons. The van der Waals surface area contributed by atoms with Crippen molar-refractivity contribution in [2.24, 2.45) is 23.7 Å². The minimum Gasteiger partial charge on any atom is -0.373 e. The molecule has 3 aliphatic carbocycles. The molecule has 5 aliphatic rings. The number of rotatable bonds is 0. The van der Waals surface area contributed by atoms with E-state index in [4.69, 9.17) is 4.74 Å². The zero-order chi connectivity index (χ0) is 8.41. The highest BCUT2D eigenvalue weighted by atomic mass is 16.5. The maximum atomic E-state index is 6.10. The molecule has 0 amide bonds. The first-order chi connectivity index (χ1) is 6.43. The maximum Gasteiger partial charge on any atom is 0.0673 e. The molecule has 2 saturated heterocycles. The van der Waals surface area contributed by atoms with Gasteiger partial charge >= 0.3 is 0 Å². The van der Waals surface area contributed by atoms with Crippen molar-refractivity contribution in [2.75, 3.05) is 0 Å². The summed E-state index contributed by atoms with van der Waals surface area (Å²) in [6, 6.07) is 0. The summed E-state index contributed by atoms with van der Waals surface area (Å²) in [7, 11) is 0. The molecule has 0 aromatic heterocycles. The van der Waals surface area contributed by atoms with Crippen LogP contribution in [0.1, 0.15) is 12.8 Å². The standard InChI is InChI=1S/C12H14O/c1-2-4-9-10-5-7-6-11(8(10)3-1)13-12(7)9/h1-4,7-12H,5-6H2. The molecule has 2 saturated carbocycles. The quantitative estimate of drug-likeness (QED) is 0.546. The van der Waals surface area contributed by atoms with Crippen LogP contribution >= 0.6 is 0 Å². The van der Waals surface area contributed by atoms with Crippen molar-refractivity contribution in [3.63, 3.8) is 0 Å². The highest BCUT2D eigenvalue weighted by Crippen LogP contribution is 2.58. The molecule has 2 aliphatic heterocycles. The molecular formula is C12H14O. The first-order valence-electron chi connectivity index (χ1n) is 5.44. The minimum atomic E-state index is 0.571. The van der Waals surface area contributed by atoms with Gasteiger partial charge in [0.05, 0.1) is 12.2 Å². The van der Waals surface area contributed by atoms with Crippen molar-refractivity contribution >= 4 is 0 Å². The van der Waals surface area contributed by atoms with Crippen molar-refractivity contribution in [3.8, 4) is 0 Å². The van der Waals surface area contributed by atoms with E-state index in [1.807, 2.05) is 0 Å². The van der Waals surface area contributed by atoms with E-state index in [1.54, 1.807) is 0 Å². The zero-order valence-electron chi connectivity index (χ0n) is 7.60. The second-order valence-corrected chi connectivity index (χ2v) is 4.96. The summed E-state index contributed by atoms with van der Waals surface area (Å²) in [6.07, 6.45) is 13.1. The van der Waals surface area contributed by atoms with E-state index < -0.39 is 0 Å². The molecule has 0 aromatic rings. The molecule has 6 atom stereocenters. The van der Waals surface area contributed by atoms with Crippen LogP contribution in [0.25, 0.3) is 0 Å². The van der Waals surface area contributed by atoms with Crippen molar-refractivity contribution in [1.82, 2.24) is 0 Å². The summed E-state index contributed by atoms with van der Waals surface area (Å²) < 4.78 is 6.10.